The van der Waals surface area contributed by atoms with Gasteiger partial charge in [0.15, 0.2) is 11.5 Å². The first-order chi connectivity index (χ1) is 14.0. The molecule has 1 heterocycles. The standard InChI is InChI=1S/C22H24FN3O3/c1-15-11-17(23)6-8-18(15)29-22-13-21(24-14-25-22)26(2)10-9-16-5-7-19(27-3)20(12-16)28-4/h5-8,11-14H,9-10H2,1-4H3. The average Bonchev–Trinajstić information content (AvgIpc) is 2.74. The Hall–Kier alpha value is -3.35. The van der Waals surface area contributed by atoms with E-state index in [1.54, 1.807) is 33.3 Å². The zero-order chi connectivity index (χ0) is 20.8. The van der Waals surface area contributed by atoms with Gasteiger partial charge in [-0.2, -0.15) is 0 Å². The van der Waals surface area contributed by atoms with Gasteiger partial charge in [0.2, 0.25) is 5.88 Å². The molecule has 0 aliphatic heterocycles. The fraction of sp³-hybridized carbons (Fsp3) is 0.273. The van der Waals surface area contributed by atoms with Crippen molar-refractivity contribution in [3.63, 3.8) is 0 Å². The summed E-state index contributed by atoms with van der Waals surface area (Å²) in [5, 5.41) is 0. The van der Waals surface area contributed by atoms with E-state index in [-0.39, 0.29) is 5.82 Å². The predicted molar refractivity (Wildman–Crippen MR) is 110 cm³/mol. The number of benzene rings is 2. The van der Waals surface area contributed by atoms with Crippen molar-refractivity contribution in [3.05, 3.63) is 65.7 Å². The highest BCUT2D eigenvalue weighted by Crippen LogP contribution is 2.28. The number of rotatable bonds is 8. The van der Waals surface area contributed by atoms with Crippen LogP contribution in [0.4, 0.5) is 10.2 Å². The quantitative estimate of drug-likeness (QED) is 0.561. The van der Waals surface area contributed by atoms with Gasteiger partial charge < -0.3 is 19.1 Å². The molecule has 0 fully saturated rings. The van der Waals surface area contributed by atoms with Gasteiger partial charge >= 0.3 is 0 Å². The maximum Gasteiger partial charge on any atom is 0.224 e. The second kappa shape index (κ2) is 9.23. The molecule has 7 heteroatoms. The van der Waals surface area contributed by atoms with E-state index < -0.39 is 0 Å². The van der Waals surface area contributed by atoms with Gasteiger partial charge in [0.25, 0.3) is 0 Å². The molecule has 29 heavy (non-hydrogen) atoms. The molecule has 3 rings (SSSR count). The van der Waals surface area contributed by atoms with Crippen LogP contribution in [0.5, 0.6) is 23.1 Å². The Bertz CT molecular complexity index is 981. The van der Waals surface area contributed by atoms with Crippen LogP contribution >= 0.6 is 0 Å². The van der Waals surface area contributed by atoms with E-state index in [0.29, 0.717) is 28.7 Å². The van der Waals surface area contributed by atoms with Gasteiger partial charge in [-0.25, -0.2) is 14.4 Å². The van der Waals surface area contributed by atoms with Crippen LogP contribution in [0.25, 0.3) is 0 Å². The lowest BCUT2D eigenvalue weighted by Crippen LogP contribution is -2.21. The summed E-state index contributed by atoms with van der Waals surface area (Å²) in [5.41, 5.74) is 1.83. The van der Waals surface area contributed by atoms with E-state index in [0.717, 1.165) is 24.3 Å². The van der Waals surface area contributed by atoms with Crippen LogP contribution in [0.3, 0.4) is 0 Å². The molecule has 2 aromatic carbocycles. The lowest BCUT2D eigenvalue weighted by atomic mass is 10.1. The van der Waals surface area contributed by atoms with Crippen molar-refractivity contribution < 1.29 is 18.6 Å². The first-order valence-electron chi connectivity index (χ1n) is 9.18. The number of hydrogen-bond acceptors (Lipinski definition) is 6. The summed E-state index contributed by atoms with van der Waals surface area (Å²) in [6.45, 7) is 2.53. The van der Waals surface area contributed by atoms with Crippen LogP contribution in [0.15, 0.2) is 48.8 Å². The molecule has 0 N–H and O–H groups in total. The smallest absolute Gasteiger partial charge is 0.224 e. The monoisotopic (exact) mass is 397 g/mol. The Morgan fingerprint density at radius 3 is 2.41 bits per heavy atom. The van der Waals surface area contributed by atoms with Gasteiger partial charge in [0, 0.05) is 19.7 Å². The highest BCUT2D eigenvalue weighted by molar-refractivity contribution is 5.45. The van der Waals surface area contributed by atoms with Crippen molar-refractivity contribution in [1.82, 2.24) is 9.97 Å². The predicted octanol–water partition coefficient (Wildman–Crippen LogP) is 4.41. The molecule has 0 unspecified atom stereocenters. The maximum absolute atomic E-state index is 13.3. The SMILES string of the molecule is COc1ccc(CCN(C)c2cc(Oc3ccc(F)cc3C)ncn2)cc1OC. The van der Waals surface area contributed by atoms with Crippen molar-refractivity contribution in [3.8, 4) is 23.1 Å². The molecule has 0 radical (unpaired) electrons. The molecule has 152 valence electrons. The van der Waals surface area contributed by atoms with Crippen molar-refractivity contribution in [1.29, 1.82) is 0 Å². The van der Waals surface area contributed by atoms with Crippen LogP contribution in [-0.2, 0) is 6.42 Å². The normalized spacial score (nSPS) is 10.5. The maximum atomic E-state index is 13.3. The van der Waals surface area contributed by atoms with Gasteiger partial charge in [-0.1, -0.05) is 6.07 Å². The number of methoxy groups -OCH3 is 2. The van der Waals surface area contributed by atoms with Crippen LogP contribution in [0.2, 0.25) is 0 Å². The molecule has 0 aliphatic carbocycles. The minimum atomic E-state index is -0.298. The third-order valence-electron chi connectivity index (χ3n) is 4.55. The lowest BCUT2D eigenvalue weighted by Gasteiger charge is -2.19. The Kier molecular flexibility index (Phi) is 6.49. The summed E-state index contributed by atoms with van der Waals surface area (Å²) in [4.78, 5) is 10.5. The molecular weight excluding hydrogens is 373 g/mol. The minimum Gasteiger partial charge on any atom is -0.493 e. The highest BCUT2D eigenvalue weighted by atomic mass is 19.1. The third-order valence-corrected chi connectivity index (χ3v) is 4.55. The van der Waals surface area contributed by atoms with E-state index >= 15 is 0 Å². The summed E-state index contributed by atoms with van der Waals surface area (Å²) < 4.78 is 29.7. The largest absolute Gasteiger partial charge is 0.493 e. The third kappa shape index (κ3) is 5.13. The molecule has 0 bridgehead atoms. The average molecular weight is 397 g/mol. The Labute approximate surface area is 169 Å². The molecule has 0 amide bonds. The zero-order valence-electron chi connectivity index (χ0n) is 17.0. The number of likely N-dealkylation sites (N-methyl/N-ethyl adjacent to an activating group) is 1. The molecule has 0 aliphatic rings. The first kappa shape index (κ1) is 20.4. The fourth-order valence-corrected chi connectivity index (χ4v) is 2.88. The second-order valence-electron chi connectivity index (χ2n) is 6.59. The number of nitrogens with zero attached hydrogens (tertiary/aromatic N) is 3. The number of ether oxygens (including phenoxy) is 3. The molecule has 0 atom stereocenters. The fourth-order valence-electron chi connectivity index (χ4n) is 2.88. The molecule has 0 saturated carbocycles. The van der Waals surface area contributed by atoms with E-state index in [4.69, 9.17) is 14.2 Å². The minimum absolute atomic E-state index is 0.298. The number of hydrogen-bond donors (Lipinski definition) is 0. The second-order valence-corrected chi connectivity index (χ2v) is 6.59. The number of anilines is 1. The summed E-state index contributed by atoms with van der Waals surface area (Å²) in [6.07, 6.45) is 2.25. The molecule has 0 spiro atoms. The van der Waals surface area contributed by atoms with Gasteiger partial charge in [-0.15, -0.1) is 0 Å². The van der Waals surface area contributed by atoms with Crippen LogP contribution < -0.4 is 19.1 Å². The highest BCUT2D eigenvalue weighted by Gasteiger charge is 2.10. The van der Waals surface area contributed by atoms with E-state index in [1.165, 1.54) is 18.5 Å². The topological polar surface area (TPSA) is 56.7 Å². The van der Waals surface area contributed by atoms with Gasteiger partial charge in [-0.3, -0.25) is 0 Å². The van der Waals surface area contributed by atoms with Gasteiger partial charge in [0.05, 0.1) is 14.2 Å². The van der Waals surface area contributed by atoms with E-state index in [9.17, 15) is 4.39 Å². The van der Waals surface area contributed by atoms with Gasteiger partial charge in [-0.05, 0) is 54.8 Å². The van der Waals surface area contributed by atoms with Gasteiger partial charge in [0.1, 0.15) is 23.7 Å². The molecular formula is C22H24FN3O3. The van der Waals surface area contributed by atoms with Crippen molar-refractivity contribution >= 4 is 5.82 Å². The number of halogens is 1. The molecule has 0 saturated heterocycles. The van der Waals surface area contributed by atoms with Crippen molar-refractivity contribution in [2.24, 2.45) is 0 Å². The van der Waals surface area contributed by atoms with Crippen molar-refractivity contribution in [2.45, 2.75) is 13.3 Å². The first-order valence-corrected chi connectivity index (χ1v) is 9.18. The number of aryl methyl sites for hydroxylation is 1. The van der Waals surface area contributed by atoms with Crippen LogP contribution in [-0.4, -0.2) is 37.8 Å². The Morgan fingerprint density at radius 2 is 1.69 bits per heavy atom. The summed E-state index contributed by atoms with van der Waals surface area (Å²) in [6, 6.07) is 12.0. The number of aromatic nitrogens is 2. The molecule has 1 aromatic heterocycles. The molecule has 6 nitrogen and oxygen atoms in total. The summed E-state index contributed by atoms with van der Waals surface area (Å²) in [7, 11) is 5.20. The zero-order valence-corrected chi connectivity index (χ0v) is 17.0. The summed E-state index contributed by atoms with van der Waals surface area (Å²) in [5.74, 6) is 2.81. The van der Waals surface area contributed by atoms with Crippen molar-refractivity contribution in [2.75, 3.05) is 32.7 Å². The Balaban J connectivity index is 1.67. The van der Waals surface area contributed by atoms with E-state index in [2.05, 4.69) is 9.97 Å². The summed E-state index contributed by atoms with van der Waals surface area (Å²) >= 11 is 0. The van der Waals surface area contributed by atoms with Crippen LogP contribution in [0, 0.1) is 12.7 Å². The van der Waals surface area contributed by atoms with Crippen LogP contribution in [0.1, 0.15) is 11.1 Å². The Morgan fingerprint density at radius 1 is 0.931 bits per heavy atom. The van der Waals surface area contributed by atoms with E-state index in [1.807, 2.05) is 30.1 Å². The lowest BCUT2D eigenvalue weighted by molar-refractivity contribution is 0.354. The molecule has 3 aromatic rings.